The molecule has 10 heteroatoms. The fourth-order valence-corrected chi connectivity index (χ4v) is 7.79. The molecule has 2 aromatic heterocycles. The van der Waals surface area contributed by atoms with E-state index >= 15 is 0 Å². The highest BCUT2D eigenvalue weighted by Crippen LogP contribution is 2.47. The van der Waals surface area contributed by atoms with E-state index in [0.717, 1.165) is 54.2 Å². The summed E-state index contributed by atoms with van der Waals surface area (Å²) in [6, 6.07) is 30.8. The summed E-state index contributed by atoms with van der Waals surface area (Å²) in [5, 5.41) is 3.72. The number of fused-ring (bicyclic) bond motifs is 2. The van der Waals surface area contributed by atoms with Crippen LogP contribution >= 0.6 is 23.5 Å². The van der Waals surface area contributed by atoms with E-state index in [1.807, 2.05) is 68.4 Å². The number of pyridine rings is 1. The molecule has 0 radical (unpaired) electrons. The molecule has 0 bridgehead atoms. The number of hydrogen-bond acceptors (Lipinski definition) is 7. The SMILES string of the molecule is Cc1cc(C)nc(Sc2cc(C=C3Sc4ccccc4N3CCCS(=O)(=O)O)c3ccccc3[n+]2-c2ccccc2)n1. The highest BCUT2D eigenvalue weighted by molar-refractivity contribution is 8.04. The van der Waals surface area contributed by atoms with Gasteiger partial charge >= 0.3 is 0 Å². The molecule has 42 heavy (non-hydrogen) atoms. The Morgan fingerprint density at radius 1 is 0.929 bits per heavy atom. The summed E-state index contributed by atoms with van der Waals surface area (Å²) in [4.78, 5) is 12.7. The van der Waals surface area contributed by atoms with Crippen LogP contribution in [0.1, 0.15) is 23.4 Å². The van der Waals surface area contributed by atoms with Gasteiger partial charge in [-0.05, 0) is 56.2 Å². The van der Waals surface area contributed by atoms with Crippen LogP contribution in [0.25, 0.3) is 22.7 Å². The van der Waals surface area contributed by atoms with E-state index in [-0.39, 0.29) is 5.75 Å². The van der Waals surface area contributed by atoms with Crippen LogP contribution in [0.15, 0.2) is 111 Å². The zero-order chi connectivity index (χ0) is 29.3. The third-order valence-electron chi connectivity index (χ3n) is 6.83. The lowest BCUT2D eigenvalue weighted by molar-refractivity contribution is -0.608. The predicted molar refractivity (Wildman–Crippen MR) is 170 cm³/mol. The number of benzene rings is 3. The zero-order valence-electron chi connectivity index (χ0n) is 23.1. The Morgan fingerprint density at radius 3 is 2.38 bits per heavy atom. The normalized spacial score (nSPS) is 14.1. The van der Waals surface area contributed by atoms with Crippen molar-refractivity contribution in [1.29, 1.82) is 0 Å². The summed E-state index contributed by atoms with van der Waals surface area (Å²) in [5.41, 5.74) is 5.97. The lowest BCUT2D eigenvalue weighted by Crippen LogP contribution is -2.34. The van der Waals surface area contributed by atoms with E-state index in [9.17, 15) is 13.0 Å². The van der Waals surface area contributed by atoms with Gasteiger partial charge in [0.25, 0.3) is 15.1 Å². The van der Waals surface area contributed by atoms with Crippen molar-refractivity contribution < 1.29 is 17.5 Å². The van der Waals surface area contributed by atoms with Crippen LogP contribution < -0.4 is 9.47 Å². The fraction of sp³-hybridized carbons (Fsp3) is 0.156. The van der Waals surface area contributed by atoms with E-state index in [4.69, 9.17) is 9.97 Å². The molecular weight excluding hydrogens is 585 g/mol. The standard InChI is InChI=1S/C32H28N4O3S3/c1-22-19-23(2)34-32(33-22)41-31-21-24(26-13-6-7-14-27(26)36(31)25-11-4-3-5-12-25)20-30-35(17-10-18-42(37,38)39)28-15-8-9-16-29(28)40-30/h3-9,11-16,19-21H,10,17-18H2,1-2H3/p+1. The Kier molecular flexibility index (Phi) is 8.04. The topological polar surface area (TPSA) is 87.3 Å². The molecule has 3 heterocycles. The number of anilines is 1. The number of aryl methyl sites for hydroxylation is 2. The number of aromatic nitrogens is 3. The molecule has 1 aliphatic rings. The van der Waals surface area contributed by atoms with Crippen molar-refractivity contribution in [3.05, 3.63) is 113 Å². The van der Waals surface area contributed by atoms with E-state index in [1.165, 1.54) is 11.8 Å². The van der Waals surface area contributed by atoms with Crippen molar-refractivity contribution in [2.75, 3.05) is 17.2 Å². The van der Waals surface area contributed by atoms with Crippen molar-refractivity contribution in [2.24, 2.45) is 0 Å². The van der Waals surface area contributed by atoms with Crippen molar-refractivity contribution in [3.63, 3.8) is 0 Å². The maximum atomic E-state index is 11.5. The lowest BCUT2D eigenvalue weighted by Gasteiger charge is -2.20. The highest BCUT2D eigenvalue weighted by atomic mass is 32.2. The zero-order valence-corrected chi connectivity index (χ0v) is 25.6. The van der Waals surface area contributed by atoms with Crippen molar-refractivity contribution >= 4 is 56.3 Å². The van der Waals surface area contributed by atoms with Gasteiger partial charge in [-0.1, -0.05) is 54.2 Å². The third-order valence-corrected chi connectivity index (χ3v) is 9.62. The van der Waals surface area contributed by atoms with Crippen LogP contribution in [0.5, 0.6) is 0 Å². The minimum absolute atomic E-state index is 0.286. The summed E-state index contributed by atoms with van der Waals surface area (Å²) in [6.07, 6.45) is 2.47. The molecule has 0 fully saturated rings. The van der Waals surface area contributed by atoms with Crippen LogP contribution in [-0.2, 0) is 10.1 Å². The van der Waals surface area contributed by atoms with Crippen LogP contribution in [0.4, 0.5) is 5.69 Å². The lowest BCUT2D eigenvalue weighted by atomic mass is 10.1. The van der Waals surface area contributed by atoms with Crippen molar-refractivity contribution in [1.82, 2.24) is 9.97 Å². The molecule has 7 nitrogen and oxygen atoms in total. The molecule has 212 valence electrons. The second kappa shape index (κ2) is 11.9. The van der Waals surface area contributed by atoms with Gasteiger partial charge in [-0.25, -0.2) is 9.97 Å². The highest BCUT2D eigenvalue weighted by Gasteiger charge is 2.27. The summed E-state index contributed by atoms with van der Waals surface area (Å²) in [6.45, 7) is 4.42. The minimum Gasteiger partial charge on any atom is -0.335 e. The van der Waals surface area contributed by atoms with Crippen LogP contribution in [-0.4, -0.2) is 35.2 Å². The Morgan fingerprint density at radius 2 is 1.62 bits per heavy atom. The second-order valence-electron chi connectivity index (χ2n) is 10.0. The molecule has 1 N–H and O–H groups in total. The molecule has 1 aliphatic heterocycles. The van der Waals surface area contributed by atoms with Gasteiger partial charge in [0, 0.05) is 58.9 Å². The maximum Gasteiger partial charge on any atom is 0.264 e. The minimum atomic E-state index is -4.04. The van der Waals surface area contributed by atoms with E-state index < -0.39 is 10.1 Å². The molecule has 6 rings (SSSR count). The second-order valence-corrected chi connectivity index (χ2v) is 13.6. The molecular formula is C32H29N4O3S3+. The quantitative estimate of drug-likeness (QED) is 0.115. The van der Waals surface area contributed by atoms with Crippen LogP contribution in [0.3, 0.4) is 0 Å². The number of para-hydroxylation sites is 3. The van der Waals surface area contributed by atoms with Gasteiger partial charge in [0.15, 0.2) is 5.16 Å². The molecule has 3 aromatic carbocycles. The Hall–Kier alpha value is -3.70. The molecule has 0 unspecified atom stereocenters. The monoisotopic (exact) mass is 613 g/mol. The van der Waals surface area contributed by atoms with Gasteiger partial charge in [-0.3, -0.25) is 4.55 Å². The molecule has 0 saturated heterocycles. The number of hydrogen-bond donors (Lipinski definition) is 1. The summed E-state index contributed by atoms with van der Waals surface area (Å²) < 4.78 is 34.5. The van der Waals surface area contributed by atoms with Gasteiger partial charge in [0.05, 0.1) is 21.9 Å². The van der Waals surface area contributed by atoms with E-state index in [0.29, 0.717) is 18.1 Å². The summed E-state index contributed by atoms with van der Waals surface area (Å²) >= 11 is 3.18. The van der Waals surface area contributed by atoms with Crippen molar-refractivity contribution in [3.8, 4) is 5.69 Å². The Labute approximate surface area is 254 Å². The summed E-state index contributed by atoms with van der Waals surface area (Å²) in [7, 11) is -4.04. The molecule has 0 spiro atoms. The first kappa shape index (κ1) is 28.4. The summed E-state index contributed by atoms with van der Waals surface area (Å²) in [5.74, 6) is -0.286. The number of thioether (sulfide) groups is 1. The molecule has 0 aliphatic carbocycles. The van der Waals surface area contributed by atoms with Crippen molar-refractivity contribution in [2.45, 2.75) is 35.3 Å². The average molecular weight is 614 g/mol. The van der Waals surface area contributed by atoms with Crippen LogP contribution in [0.2, 0.25) is 0 Å². The first-order valence-corrected chi connectivity index (χ1v) is 16.7. The first-order chi connectivity index (χ1) is 20.2. The van der Waals surface area contributed by atoms with Gasteiger partial charge in [0.1, 0.15) is 0 Å². The largest absolute Gasteiger partial charge is 0.335 e. The van der Waals surface area contributed by atoms with Gasteiger partial charge in [-0.2, -0.15) is 8.42 Å². The number of rotatable bonds is 8. The Bertz CT molecular complexity index is 1910. The van der Waals surface area contributed by atoms with Gasteiger partial charge in [0.2, 0.25) is 11.2 Å². The third kappa shape index (κ3) is 6.22. The Balaban J connectivity index is 1.51. The fourth-order valence-electron chi connectivity index (χ4n) is 5.11. The van der Waals surface area contributed by atoms with E-state index in [2.05, 4.69) is 51.9 Å². The predicted octanol–water partition coefficient (Wildman–Crippen LogP) is 6.86. The first-order valence-electron chi connectivity index (χ1n) is 13.5. The smallest absolute Gasteiger partial charge is 0.264 e. The molecule has 5 aromatic rings. The maximum absolute atomic E-state index is 11.5. The molecule has 0 saturated carbocycles. The average Bonchev–Trinajstić information content (AvgIpc) is 3.29. The van der Waals surface area contributed by atoms with Gasteiger partial charge < -0.3 is 4.90 Å². The van der Waals surface area contributed by atoms with Crippen LogP contribution in [0, 0.1) is 13.8 Å². The van der Waals surface area contributed by atoms with E-state index in [1.54, 1.807) is 11.8 Å². The number of nitrogens with zero attached hydrogens (tertiary/aromatic N) is 4. The molecule has 0 amide bonds. The molecule has 0 atom stereocenters. The van der Waals surface area contributed by atoms with Gasteiger partial charge in [-0.15, -0.1) is 4.57 Å².